The Bertz CT molecular complexity index is 336. The molecule has 0 bridgehead atoms. The quantitative estimate of drug-likeness (QED) is 0.708. The molecule has 88 valence electrons. The molecule has 0 spiro atoms. The van der Waals surface area contributed by atoms with E-state index in [0.717, 1.165) is 10.7 Å². The summed E-state index contributed by atoms with van der Waals surface area (Å²) in [5.74, 6) is 0.144. The van der Waals surface area contributed by atoms with Crippen molar-refractivity contribution in [3.8, 4) is 0 Å². The van der Waals surface area contributed by atoms with E-state index in [0.29, 0.717) is 13.0 Å². The third-order valence-corrected chi connectivity index (χ3v) is 3.36. The molecule has 1 atom stereocenters. The van der Waals surface area contributed by atoms with Crippen LogP contribution in [0.15, 0.2) is 0 Å². The lowest BCUT2D eigenvalue weighted by atomic mass is 9.98. The van der Waals surface area contributed by atoms with E-state index in [9.17, 15) is 13.2 Å². The first kappa shape index (κ1) is 12.6. The third-order valence-electron chi connectivity index (χ3n) is 2.37. The van der Waals surface area contributed by atoms with E-state index in [1.807, 2.05) is 13.8 Å². The molecular formula is C9H17NO4S. The van der Waals surface area contributed by atoms with Gasteiger partial charge in [0.25, 0.3) is 0 Å². The second-order valence-corrected chi connectivity index (χ2v) is 6.11. The smallest absolute Gasteiger partial charge is 0.233 e. The standard InChI is InChI=1S/C9H17NO4S/c1-7(2)9(11)4-8-5-10(14-6-8)15(3,12)13/h7-8H,4-6H2,1-3H3/t8-/m0/s1. The Kier molecular flexibility index (Phi) is 3.86. The van der Waals surface area contributed by atoms with Gasteiger partial charge in [-0.3, -0.25) is 9.63 Å². The molecule has 0 aromatic carbocycles. The van der Waals surface area contributed by atoms with Crippen LogP contribution in [0.5, 0.6) is 0 Å². The van der Waals surface area contributed by atoms with Crippen LogP contribution in [0.3, 0.4) is 0 Å². The minimum Gasteiger partial charge on any atom is -0.299 e. The fourth-order valence-corrected chi connectivity index (χ4v) is 2.11. The Balaban J connectivity index is 2.48. The highest BCUT2D eigenvalue weighted by Crippen LogP contribution is 2.20. The summed E-state index contributed by atoms with van der Waals surface area (Å²) < 4.78 is 23.2. The van der Waals surface area contributed by atoms with Crippen LogP contribution in [0.2, 0.25) is 0 Å². The maximum absolute atomic E-state index is 11.4. The number of hydrogen-bond acceptors (Lipinski definition) is 4. The van der Waals surface area contributed by atoms with E-state index in [2.05, 4.69) is 0 Å². The van der Waals surface area contributed by atoms with Gasteiger partial charge in [0.2, 0.25) is 10.0 Å². The molecule has 0 radical (unpaired) electrons. The SMILES string of the molecule is CC(C)C(=O)C[C@@H]1CON(S(C)(=O)=O)C1. The van der Waals surface area contributed by atoms with Gasteiger partial charge in [0.15, 0.2) is 0 Å². The normalized spacial score (nSPS) is 23.6. The maximum Gasteiger partial charge on any atom is 0.233 e. The minimum atomic E-state index is -3.29. The van der Waals surface area contributed by atoms with Gasteiger partial charge in [-0.2, -0.15) is 0 Å². The summed E-state index contributed by atoms with van der Waals surface area (Å²) in [5, 5.41) is 0. The number of hydroxylamine groups is 1. The van der Waals surface area contributed by atoms with E-state index in [-0.39, 0.29) is 24.2 Å². The first-order valence-corrected chi connectivity index (χ1v) is 6.79. The highest BCUT2D eigenvalue weighted by molar-refractivity contribution is 7.88. The van der Waals surface area contributed by atoms with Crippen LogP contribution in [0.4, 0.5) is 0 Å². The predicted molar refractivity (Wildman–Crippen MR) is 55.5 cm³/mol. The number of rotatable bonds is 4. The number of sulfonamides is 1. The molecule has 0 aromatic rings. The van der Waals surface area contributed by atoms with Gasteiger partial charge in [-0.1, -0.05) is 18.3 Å². The molecule has 1 aliphatic heterocycles. The van der Waals surface area contributed by atoms with Crippen LogP contribution in [-0.4, -0.2) is 38.1 Å². The Labute approximate surface area is 90.4 Å². The zero-order chi connectivity index (χ0) is 11.6. The number of ketones is 1. The van der Waals surface area contributed by atoms with Gasteiger partial charge < -0.3 is 0 Å². The highest BCUT2D eigenvalue weighted by atomic mass is 32.2. The molecule has 1 rings (SSSR count). The van der Waals surface area contributed by atoms with E-state index in [1.165, 1.54) is 0 Å². The van der Waals surface area contributed by atoms with Crippen LogP contribution in [0.25, 0.3) is 0 Å². The fraction of sp³-hybridized carbons (Fsp3) is 0.889. The van der Waals surface area contributed by atoms with Crippen molar-refractivity contribution in [3.63, 3.8) is 0 Å². The topological polar surface area (TPSA) is 63.7 Å². The first-order valence-electron chi connectivity index (χ1n) is 4.94. The van der Waals surface area contributed by atoms with Gasteiger partial charge in [0.1, 0.15) is 5.78 Å². The van der Waals surface area contributed by atoms with Crippen molar-refractivity contribution in [2.24, 2.45) is 11.8 Å². The molecule has 0 unspecified atom stereocenters. The molecule has 15 heavy (non-hydrogen) atoms. The second kappa shape index (κ2) is 4.59. The van der Waals surface area contributed by atoms with Crippen molar-refractivity contribution in [1.29, 1.82) is 0 Å². The first-order chi connectivity index (χ1) is 6.80. The Morgan fingerprint density at radius 3 is 2.53 bits per heavy atom. The van der Waals surface area contributed by atoms with Crippen LogP contribution < -0.4 is 0 Å². The average molecular weight is 235 g/mol. The second-order valence-electron chi connectivity index (χ2n) is 4.24. The Morgan fingerprint density at radius 2 is 2.13 bits per heavy atom. The van der Waals surface area contributed by atoms with Crippen molar-refractivity contribution in [2.45, 2.75) is 20.3 Å². The molecule has 1 saturated heterocycles. The van der Waals surface area contributed by atoms with Gasteiger partial charge >= 0.3 is 0 Å². The number of Topliss-reactive ketones (excluding diaryl/α,β-unsaturated/α-hetero) is 1. The van der Waals surface area contributed by atoms with Crippen molar-refractivity contribution < 1.29 is 18.0 Å². The van der Waals surface area contributed by atoms with Crippen LogP contribution in [-0.2, 0) is 19.7 Å². The molecule has 5 nitrogen and oxygen atoms in total. The number of carbonyl (C=O) groups excluding carboxylic acids is 1. The maximum atomic E-state index is 11.4. The number of nitrogens with zero attached hydrogens (tertiary/aromatic N) is 1. The van der Waals surface area contributed by atoms with E-state index in [4.69, 9.17) is 4.84 Å². The van der Waals surface area contributed by atoms with Gasteiger partial charge in [0, 0.05) is 24.8 Å². The van der Waals surface area contributed by atoms with Crippen molar-refractivity contribution >= 4 is 15.8 Å². The van der Waals surface area contributed by atoms with Gasteiger partial charge in [0.05, 0.1) is 12.9 Å². The Morgan fingerprint density at radius 1 is 1.53 bits per heavy atom. The summed E-state index contributed by atoms with van der Waals surface area (Å²) in [4.78, 5) is 16.4. The molecule has 0 aliphatic carbocycles. The summed E-state index contributed by atoms with van der Waals surface area (Å²) in [6, 6.07) is 0. The molecule has 0 amide bonds. The molecule has 1 aliphatic rings. The van der Waals surface area contributed by atoms with Crippen molar-refractivity contribution in [3.05, 3.63) is 0 Å². The molecule has 1 fully saturated rings. The molecule has 0 N–H and O–H groups in total. The molecule has 0 saturated carbocycles. The lowest BCUT2D eigenvalue weighted by molar-refractivity contribution is -0.122. The summed E-state index contributed by atoms with van der Waals surface area (Å²) in [6.07, 6.45) is 1.49. The van der Waals surface area contributed by atoms with Crippen molar-refractivity contribution in [1.82, 2.24) is 4.47 Å². The monoisotopic (exact) mass is 235 g/mol. The fourth-order valence-electron chi connectivity index (χ4n) is 1.38. The zero-order valence-corrected chi connectivity index (χ0v) is 10.1. The lowest BCUT2D eigenvalue weighted by Crippen LogP contribution is -2.26. The minimum absolute atomic E-state index is 0.00252. The summed E-state index contributed by atoms with van der Waals surface area (Å²) in [6.45, 7) is 4.28. The van der Waals surface area contributed by atoms with Crippen LogP contribution >= 0.6 is 0 Å². The van der Waals surface area contributed by atoms with E-state index >= 15 is 0 Å². The summed E-state index contributed by atoms with van der Waals surface area (Å²) >= 11 is 0. The van der Waals surface area contributed by atoms with Gasteiger partial charge in [-0.05, 0) is 0 Å². The third kappa shape index (κ3) is 3.55. The van der Waals surface area contributed by atoms with Crippen LogP contribution in [0, 0.1) is 11.8 Å². The highest BCUT2D eigenvalue weighted by Gasteiger charge is 2.31. The average Bonchev–Trinajstić information content (AvgIpc) is 2.51. The molecule has 0 aromatic heterocycles. The van der Waals surface area contributed by atoms with E-state index in [1.54, 1.807) is 0 Å². The lowest BCUT2D eigenvalue weighted by Gasteiger charge is -2.10. The number of carbonyl (C=O) groups is 1. The molecule has 1 heterocycles. The summed E-state index contributed by atoms with van der Waals surface area (Å²) in [5.41, 5.74) is 0. The number of hydrogen-bond donors (Lipinski definition) is 0. The van der Waals surface area contributed by atoms with E-state index < -0.39 is 10.0 Å². The Hall–Kier alpha value is -0.460. The molecular weight excluding hydrogens is 218 g/mol. The van der Waals surface area contributed by atoms with Gasteiger partial charge in [-0.25, -0.2) is 8.42 Å². The largest absolute Gasteiger partial charge is 0.299 e. The molecule has 6 heteroatoms. The van der Waals surface area contributed by atoms with Crippen molar-refractivity contribution in [2.75, 3.05) is 19.4 Å². The summed E-state index contributed by atoms with van der Waals surface area (Å²) in [7, 11) is -3.29. The zero-order valence-electron chi connectivity index (χ0n) is 9.26. The van der Waals surface area contributed by atoms with Crippen LogP contribution in [0.1, 0.15) is 20.3 Å². The predicted octanol–water partition coefficient (Wildman–Crippen LogP) is 0.425. The van der Waals surface area contributed by atoms with Gasteiger partial charge in [-0.15, -0.1) is 0 Å².